The van der Waals surface area contributed by atoms with Gasteiger partial charge in [-0.3, -0.25) is 14.2 Å². The fourth-order valence-electron chi connectivity index (χ4n) is 5.24. The number of halogens is 4. The number of nitrogens with one attached hydrogen (secondary N) is 1. The first-order valence-corrected chi connectivity index (χ1v) is 11.2. The number of aliphatic hydroxyl groups excluding tert-OH is 1. The van der Waals surface area contributed by atoms with E-state index in [0.29, 0.717) is 22.8 Å². The summed E-state index contributed by atoms with van der Waals surface area (Å²) in [7, 11) is 0. The number of fused-ring (bicyclic) bond motifs is 1. The Balaban J connectivity index is 1.12. The third kappa shape index (κ3) is 4.31. The number of rotatable bonds is 7. The molecule has 4 aliphatic rings. The Kier molecular flexibility index (Phi) is 5.37. The average molecular weight is 486 g/mol. The van der Waals surface area contributed by atoms with E-state index in [2.05, 4.69) is 15.2 Å². The normalized spacial score (nSPS) is 30.0. The van der Waals surface area contributed by atoms with Crippen LogP contribution < -0.4 is 10.1 Å². The first kappa shape index (κ1) is 22.5. The molecule has 3 saturated carbocycles. The lowest BCUT2D eigenvalue weighted by Gasteiger charge is -2.70. The summed E-state index contributed by atoms with van der Waals surface area (Å²) in [6, 6.07) is 4.95. The lowest BCUT2D eigenvalue weighted by atomic mass is 9.44. The molecule has 2 bridgehead atoms. The molecule has 1 aromatic carbocycles. The van der Waals surface area contributed by atoms with Crippen LogP contribution in [0.2, 0.25) is 5.02 Å². The van der Waals surface area contributed by atoms with Crippen LogP contribution in [-0.2, 0) is 21.5 Å². The van der Waals surface area contributed by atoms with Crippen molar-refractivity contribution < 1.29 is 32.5 Å². The minimum Gasteiger partial charge on any atom is -0.480 e. The fraction of sp³-hybridized carbons (Fsp3) is 0.545. The number of alkyl halides is 3. The zero-order valence-corrected chi connectivity index (χ0v) is 18.3. The Labute approximate surface area is 192 Å². The number of nitrogens with zero attached hydrogens (tertiary/aromatic N) is 2. The molecule has 1 amide bonds. The third-order valence-corrected chi connectivity index (χ3v) is 6.95. The predicted molar refractivity (Wildman–Crippen MR) is 111 cm³/mol. The average Bonchev–Trinajstić information content (AvgIpc) is 3.15. The second kappa shape index (κ2) is 7.89. The number of aromatic nitrogens is 2. The van der Waals surface area contributed by atoms with Gasteiger partial charge in [-0.05, 0) is 55.9 Å². The largest absolute Gasteiger partial charge is 0.522 e. The van der Waals surface area contributed by atoms with Crippen molar-refractivity contribution in [2.75, 3.05) is 6.61 Å². The van der Waals surface area contributed by atoms with Crippen LogP contribution in [-0.4, -0.2) is 45.4 Å². The quantitative estimate of drug-likeness (QED) is 0.585. The van der Waals surface area contributed by atoms with Crippen LogP contribution in [0.5, 0.6) is 5.75 Å². The van der Waals surface area contributed by atoms with Crippen LogP contribution in [0.3, 0.4) is 0 Å². The molecule has 3 fully saturated rings. The molecule has 6 rings (SSSR count). The summed E-state index contributed by atoms with van der Waals surface area (Å²) >= 11 is 5.97. The number of aryl methyl sites for hydroxylation is 1. The molecule has 0 radical (unpaired) electrons. The van der Waals surface area contributed by atoms with Gasteiger partial charge in [-0.15, -0.1) is 13.2 Å². The molecule has 1 aromatic heterocycles. The van der Waals surface area contributed by atoms with Gasteiger partial charge in [-0.2, -0.15) is 5.10 Å². The Hall–Kier alpha value is -2.30. The highest BCUT2D eigenvalue weighted by molar-refractivity contribution is 6.30. The molecule has 0 saturated heterocycles. The highest BCUT2D eigenvalue weighted by atomic mass is 35.5. The van der Waals surface area contributed by atoms with Crippen LogP contribution in [0.25, 0.3) is 0 Å². The van der Waals surface area contributed by atoms with Crippen molar-refractivity contribution >= 4 is 17.5 Å². The van der Waals surface area contributed by atoms with E-state index >= 15 is 0 Å². The molecule has 2 heterocycles. The second-order valence-electron chi connectivity index (χ2n) is 9.26. The minimum atomic E-state index is -4.60. The molecule has 0 spiro atoms. The number of ether oxygens (including phenoxy) is 2. The van der Waals surface area contributed by atoms with E-state index in [1.807, 2.05) is 10.9 Å². The van der Waals surface area contributed by atoms with Gasteiger partial charge in [0, 0.05) is 28.7 Å². The Morgan fingerprint density at radius 2 is 2.12 bits per heavy atom. The van der Waals surface area contributed by atoms with Crippen molar-refractivity contribution in [3.05, 3.63) is 46.7 Å². The van der Waals surface area contributed by atoms with Crippen LogP contribution >= 0.6 is 11.6 Å². The fourth-order valence-corrected chi connectivity index (χ4v) is 5.42. The van der Waals surface area contributed by atoms with Gasteiger partial charge < -0.3 is 15.2 Å². The number of hydrogen-bond acceptors (Lipinski definition) is 5. The van der Waals surface area contributed by atoms with E-state index < -0.39 is 18.6 Å². The zero-order valence-electron chi connectivity index (χ0n) is 17.6. The monoisotopic (exact) mass is 485 g/mol. The molecule has 2 N–H and O–H groups in total. The number of amides is 1. The molecule has 178 valence electrons. The molecule has 7 nitrogen and oxygen atoms in total. The number of benzene rings is 1. The predicted octanol–water partition coefficient (Wildman–Crippen LogP) is 3.64. The first-order chi connectivity index (χ1) is 15.6. The summed E-state index contributed by atoms with van der Waals surface area (Å²) in [6.45, 7) is -0.385. The first-order valence-electron chi connectivity index (χ1n) is 10.8. The van der Waals surface area contributed by atoms with Crippen molar-refractivity contribution in [1.29, 1.82) is 0 Å². The molecular formula is C22H23ClF3N3O4. The molecular weight excluding hydrogens is 463 g/mol. The molecule has 2 aromatic rings. The summed E-state index contributed by atoms with van der Waals surface area (Å²) in [5.41, 5.74) is 0.963. The standard InChI is InChI=1S/C22H23ClF3N3O4/c23-14-3-4-17-15(6-14)16(30)7-18(33-17)19(31)28-20-10-21(11-20,12-20)29-9-13(8-27-29)2-1-5-32-22(24,25)26/h3-4,6,8-9,16,18,30H,1-2,5,7,10-12H2,(H,28,31)/t16-,18+,20?,21?/m0/s1. The van der Waals surface area contributed by atoms with E-state index in [4.69, 9.17) is 16.3 Å². The summed E-state index contributed by atoms with van der Waals surface area (Å²) in [5.74, 6) is 0.200. The van der Waals surface area contributed by atoms with Crippen molar-refractivity contribution in [1.82, 2.24) is 15.1 Å². The highest BCUT2D eigenvalue weighted by Gasteiger charge is 2.70. The van der Waals surface area contributed by atoms with Gasteiger partial charge in [0.1, 0.15) is 5.75 Å². The minimum absolute atomic E-state index is 0.154. The van der Waals surface area contributed by atoms with E-state index in [1.54, 1.807) is 24.4 Å². The maximum Gasteiger partial charge on any atom is 0.522 e. The van der Waals surface area contributed by atoms with Crippen LogP contribution in [0, 0.1) is 0 Å². The summed E-state index contributed by atoms with van der Waals surface area (Å²) in [5, 5.41) is 18.4. The summed E-state index contributed by atoms with van der Waals surface area (Å²) < 4.78 is 47.6. The molecule has 33 heavy (non-hydrogen) atoms. The van der Waals surface area contributed by atoms with Crippen LogP contribution in [0.15, 0.2) is 30.6 Å². The van der Waals surface area contributed by atoms with E-state index in [0.717, 1.165) is 24.8 Å². The summed E-state index contributed by atoms with van der Waals surface area (Å²) in [6.07, 6.45) is 0.348. The Bertz CT molecular complexity index is 1050. The van der Waals surface area contributed by atoms with Crippen molar-refractivity contribution in [3.63, 3.8) is 0 Å². The maximum atomic E-state index is 12.8. The molecule has 1 aliphatic heterocycles. The number of carbonyl (C=O) groups excluding carboxylic acids is 1. The smallest absolute Gasteiger partial charge is 0.480 e. The molecule has 0 unspecified atom stereocenters. The second-order valence-corrected chi connectivity index (χ2v) is 9.69. The summed E-state index contributed by atoms with van der Waals surface area (Å²) in [4.78, 5) is 12.8. The maximum absolute atomic E-state index is 12.8. The van der Waals surface area contributed by atoms with Crippen molar-refractivity contribution in [2.24, 2.45) is 0 Å². The SMILES string of the molecule is O=C(NC12CC(n3cc(CCCOC(F)(F)F)cn3)(C1)C2)[C@H]1C[C@H](O)c2cc(Cl)ccc2O1. The number of hydrogen-bond donors (Lipinski definition) is 2. The van der Waals surface area contributed by atoms with Gasteiger partial charge in [-0.25, -0.2) is 0 Å². The zero-order chi connectivity index (χ0) is 23.4. The van der Waals surface area contributed by atoms with Crippen LogP contribution in [0.1, 0.15) is 49.3 Å². The Morgan fingerprint density at radius 1 is 1.36 bits per heavy atom. The third-order valence-electron chi connectivity index (χ3n) is 6.72. The molecule has 2 atom stereocenters. The number of aliphatic hydroxyl groups is 1. The lowest BCUT2D eigenvalue weighted by molar-refractivity contribution is -0.324. The number of carbonyl (C=O) groups is 1. The van der Waals surface area contributed by atoms with Crippen LogP contribution in [0.4, 0.5) is 13.2 Å². The highest BCUT2D eigenvalue weighted by Crippen LogP contribution is 2.65. The topological polar surface area (TPSA) is 85.6 Å². The van der Waals surface area contributed by atoms with Gasteiger partial charge >= 0.3 is 6.36 Å². The Morgan fingerprint density at radius 3 is 2.85 bits per heavy atom. The van der Waals surface area contributed by atoms with E-state index in [9.17, 15) is 23.1 Å². The molecule has 11 heteroatoms. The van der Waals surface area contributed by atoms with E-state index in [1.165, 1.54) is 0 Å². The van der Waals surface area contributed by atoms with Crippen molar-refractivity contribution in [2.45, 2.75) is 68.2 Å². The van der Waals surface area contributed by atoms with Gasteiger partial charge in [0.25, 0.3) is 5.91 Å². The van der Waals surface area contributed by atoms with Gasteiger partial charge in [0.05, 0.1) is 24.4 Å². The lowest BCUT2D eigenvalue weighted by Crippen LogP contribution is -2.79. The molecule has 3 aliphatic carbocycles. The van der Waals surface area contributed by atoms with Crippen molar-refractivity contribution in [3.8, 4) is 5.75 Å². The van der Waals surface area contributed by atoms with E-state index in [-0.39, 0.29) is 36.4 Å². The van der Waals surface area contributed by atoms with Gasteiger partial charge in [-0.1, -0.05) is 11.6 Å². The van der Waals surface area contributed by atoms with Gasteiger partial charge in [0.15, 0.2) is 6.10 Å². The van der Waals surface area contributed by atoms with Gasteiger partial charge in [0.2, 0.25) is 0 Å².